The number of rotatable bonds is 11. The van der Waals surface area contributed by atoms with Crippen LogP contribution in [0.25, 0.3) is 123 Å². The lowest BCUT2D eigenvalue weighted by atomic mass is 9.85. The van der Waals surface area contributed by atoms with Gasteiger partial charge in [0, 0.05) is 60.6 Å². The highest BCUT2D eigenvalue weighted by Crippen LogP contribution is 2.44. The molecule has 4 aromatic heterocycles. The molecule has 0 aliphatic heterocycles. The molecule has 78 heavy (non-hydrogen) atoms. The first kappa shape index (κ1) is 48.3. The van der Waals surface area contributed by atoms with E-state index in [0.29, 0.717) is 34.9 Å². The van der Waals surface area contributed by atoms with Gasteiger partial charge in [-0.15, -0.1) is 0 Å². The summed E-state index contributed by atoms with van der Waals surface area (Å²) in [5.41, 5.74) is 16.4. The van der Waals surface area contributed by atoms with Crippen molar-refractivity contribution in [2.24, 2.45) is 0 Å². The largest absolute Gasteiger partial charge is 0.309 e. The highest BCUT2D eigenvalue weighted by molar-refractivity contribution is 6.26. The molecular formula is C70H58N8. The van der Waals surface area contributed by atoms with Crippen LogP contribution in [0.2, 0.25) is 0 Å². The highest BCUT2D eigenvalue weighted by Gasteiger charge is 2.26. The number of hydrogen-bond acceptors (Lipinski definition) is 6. The zero-order valence-corrected chi connectivity index (χ0v) is 44.8. The van der Waals surface area contributed by atoms with Crippen LogP contribution in [0.5, 0.6) is 0 Å². The summed E-state index contributed by atoms with van der Waals surface area (Å²) < 4.78 is 4.83. The first-order valence-corrected chi connectivity index (χ1v) is 27.1. The van der Waals surface area contributed by atoms with Crippen LogP contribution in [-0.2, 0) is 11.8 Å². The topological polar surface area (TPSA) is 87.2 Å². The lowest BCUT2D eigenvalue weighted by Gasteiger charge is -2.21. The normalized spacial score (nSPS) is 11.9. The van der Waals surface area contributed by atoms with Crippen molar-refractivity contribution in [3.63, 3.8) is 0 Å². The molecule has 0 bridgehead atoms. The van der Waals surface area contributed by atoms with Crippen LogP contribution < -0.4 is 0 Å². The maximum atomic E-state index is 5.59. The van der Waals surface area contributed by atoms with E-state index in [2.05, 4.69) is 196 Å². The number of aromatic nitrogens is 8. The number of para-hydroxylation sites is 3. The average molecular weight is 1010 g/mol. The molecule has 0 amide bonds. The van der Waals surface area contributed by atoms with Gasteiger partial charge in [-0.1, -0.05) is 179 Å². The minimum absolute atomic E-state index is 0.110. The molecule has 0 saturated heterocycles. The number of fused-ring (bicyclic) bond motifs is 7. The Morgan fingerprint density at radius 3 is 1.55 bits per heavy atom. The number of unbranched alkanes of at least 4 members (excludes halogenated alkanes) is 1. The molecule has 0 radical (unpaired) electrons. The third-order valence-corrected chi connectivity index (χ3v) is 15.0. The molecular weight excluding hydrogens is 953 g/mol. The van der Waals surface area contributed by atoms with Gasteiger partial charge in [0.1, 0.15) is 0 Å². The van der Waals surface area contributed by atoms with Crippen molar-refractivity contribution in [1.29, 1.82) is 0 Å². The quantitative estimate of drug-likeness (QED) is 0.128. The van der Waals surface area contributed by atoms with Crippen LogP contribution in [0.15, 0.2) is 206 Å². The number of aryl methyl sites for hydroxylation is 3. The highest BCUT2D eigenvalue weighted by atomic mass is 15.1. The zero-order valence-electron chi connectivity index (χ0n) is 44.8. The van der Waals surface area contributed by atoms with Crippen molar-refractivity contribution in [2.45, 2.75) is 66.2 Å². The predicted octanol–water partition coefficient (Wildman–Crippen LogP) is 17.5. The van der Waals surface area contributed by atoms with Gasteiger partial charge in [0.2, 0.25) is 0 Å². The summed E-state index contributed by atoms with van der Waals surface area (Å²) >= 11 is 0. The summed E-state index contributed by atoms with van der Waals surface area (Å²) in [7, 11) is 0. The monoisotopic (exact) mass is 1010 g/mol. The summed E-state index contributed by atoms with van der Waals surface area (Å²) in [6, 6.07) is 73.1. The van der Waals surface area contributed by atoms with Crippen molar-refractivity contribution in [2.75, 3.05) is 0 Å². The molecule has 0 atom stereocenters. The molecule has 13 aromatic rings. The molecule has 0 fully saturated rings. The third kappa shape index (κ3) is 8.79. The standard InChI is InChI=1S/C70H58N8/c1-7-8-22-46-37-44(2)38-50(41-46)67-74-68(51-39-45(3)40-52(42-51)70(4,5)6)76-69(75-67)57-43-49(66-72-64(47-23-12-9-13-24-47)71-65(73-66)48-25-14-10-15-26-48)33-35-60(57)78-59-32-21-19-30-56(59)62-61(78)36-34-55-54-29-18-20-31-58(54)77(63(55)62)53-27-16-11-17-28-53/h9-21,23-43H,7-8,22H2,1-6H3. The molecule has 13 rings (SSSR count). The van der Waals surface area contributed by atoms with Crippen molar-refractivity contribution < 1.29 is 0 Å². The molecule has 0 N–H and O–H groups in total. The average Bonchev–Trinajstić information content (AvgIpc) is 4.09. The second-order valence-corrected chi connectivity index (χ2v) is 21.6. The fourth-order valence-electron chi connectivity index (χ4n) is 11.2. The summed E-state index contributed by atoms with van der Waals surface area (Å²) in [6.07, 6.45) is 3.18. The van der Waals surface area contributed by atoms with E-state index in [0.717, 1.165) is 108 Å². The Kier molecular flexibility index (Phi) is 12.1. The SMILES string of the molecule is CCCCc1cc(C)cc(-c2nc(-c3cc(C)cc(C(C)(C)C)c3)nc(-c3cc(-c4nc(-c5ccccc5)nc(-c5ccccc5)n4)ccc3-n3c4ccccc4c4c3ccc3c5ccccc5n(-c5ccccc5)c34)n2)c1. The fraction of sp³-hybridized carbons (Fsp3) is 0.143. The summed E-state index contributed by atoms with van der Waals surface area (Å²) in [4.78, 5) is 32.2. The summed E-state index contributed by atoms with van der Waals surface area (Å²) in [5.74, 6) is 3.46. The van der Waals surface area contributed by atoms with Gasteiger partial charge in [-0.05, 0) is 116 Å². The van der Waals surface area contributed by atoms with E-state index in [-0.39, 0.29) is 5.41 Å². The molecule has 8 nitrogen and oxygen atoms in total. The van der Waals surface area contributed by atoms with Crippen molar-refractivity contribution in [3.8, 4) is 79.7 Å². The Hall–Kier alpha value is -9.40. The predicted molar refractivity (Wildman–Crippen MR) is 321 cm³/mol. The van der Waals surface area contributed by atoms with Crippen LogP contribution in [0, 0.1) is 13.8 Å². The molecule has 0 spiro atoms. The minimum Gasteiger partial charge on any atom is -0.309 e. The number of hydrogen-bond donors (Lipinski definition) is 0. The van der Waals surface area contributed by atoms with E-state index in [1.807, 2.05) is 60.7 Å². The Morgan fingerprint density at radius 2 is 0.923 bits per heavy atom. The van der Waals surface area contributed by atoms with Gasteiger partial charge in [0.05, 0.1) is 27.8 Å². The first-order valence-electron chi connectivity index (χ1n) is 27.1. The van der Waals surface area contributed by atoms with Crippen LogP contribution >= 0.6 is 0 Å². The molecule has 8 heteroatoms. The molecule has 0 saturated carbocycles. The van der Waals surface area contributed by atoms with Crippen molar-refractivity contribution >= 4 is 43.6 Å². The lowest BCUT2D eigenvalue weighted by Crippen LogP contribution is -2.12. The maximum absolute atomic E-state index is 5.59. The van der Waals surface area contributed by atoms with E-state index in [1.165, 1.54) is 21.9 Å². The molecule has 9 aromatic carbocycles. The van der Waals surface area contributed by atoms with Crippen molar-refractivity contribution in [3.05, 3.63) is 229 Å². The van der Waals surface area contributed by atoms with E-state index in [9.17, 15) is 0 Å². The van der Waals surface area contributed by atoms with E-state index in [1.54, 1.807) is 0 Å². The summed E-state index contributed by atoms with van der Waals surface area (Å²) in [5, 5.41) is 4.68. The van der Waals surface area contributed by atoms with Crippen LogP contribution in [0.4, 0.5) is 0 Å². The Labute approximate surface area is 454 Å². The zero-order chi connectivity index (χ0) is 53.1. The lowest BCUT2D eigenvalue weighted by molar-refractivity contribution is 0.590. The van der Waals surface area contributed by atoms with Gasteiger partial charge in [-0.3, -0.25) is 0 Å². The van der Waals surface area contributed by atoms with E-state index in [4.69, 9.17) is 29.9 Å². The Morgan fingerprint density at radius 1 is 0.397 bits per heavy atom. The van der Waals surface area contributed by atoms with Gasteiger partial charge < -0.3 is 9.13 Å². The van der Waals surface area contributed by atoms with Crippen LogP contribution in [-0.4, -0.2) is 39.0 Å². The Balaban J connectivity index is 1.14. The number of benzene rings is 9. The second kappa shape index (κ2) is 19.6. The maximum Gasteiger partial charge on any atom is 0.166 e. The fourth-order valence-corrected chi connectivity index (χ4v) is 11.2. The van der Waals surface area contributed by atoms with E-state index < -0.39 is 0 Å². The van der Waals surface area contributed by atoms with Gasteiger partial charge >= 0.3 is 0 Å². The number of nitrogens with zero attached hydrogens (tertiary/aromatic N) is 8. The van der Waals surface area contributed by atoms with Crippen LogP contribution in [0.1, 0.15) is 62.8 Å². The second-order valence-electron chi connectivity index (χ2n) is 21.6. The van der Waals surface area contributed by atoms with Crippen LogP contribution in [0.3, 0.4) is 0 Å². The molecule has 4 heterocycles. The smallest absolute Gasteiger partial charge is 0.166 e. The van der Waals surface area contributed by atoms with Crippen molar-refractivity contribution in [1.82, 2.24) is 39.0 Å². The molecule has 0 aliphatic rings. The van der Waals surface area contributed by atoms with Gasteiger partial charge in [0.15, 0.2) is 34.9 Å². The molecule has 0 aliphatic carbocycles. The van der Waals surface area contributed by atoms with Gasteiger partial charge in [0.25, 0.3) is 0 Å². The molecule has 378 valence electrons. The van der Waals surface area contributed by atoms with E-state index >= 15 is 0 Å². The minimum atomic E-state index is -0.110. The Bertz CT molecular complexity index is 4360. The first-order chi connectivity index (χ1) is 38.1. The third-order valence-electron chi connectivity index (χ3n) is 15.0. The van der Waals surface area contributed by atoms with Gasteiger partial charge in [-0.2, -0.15) is 0 Å². The van der Waals surface area contributed by atoms with Gasteiger partial charge in [-0.25, -0.2) is 29.9 Å². The summed E-state index contributed by atoms with van der Waals surface area (Å²) in [6.45, 7) is 13.3. The molecule has 0 unspecified atom stereocenters.